The second-order valence-electron chi connectivity index (χ2n) is 3.15. The lowest BCUT2D eigenvalue weighted by atomic mass is 10.3. The minimum Gasteiger partial charge on any atom is -0.477 e. The van der Waals surface area contributed by atoms with Crippen molar-refractivity contribution in [2.75, 3.05) is 0 Å². The third-order valence-electron chi connectivity index (χ3n) is 1.67. The van der Waals surface area contributed by atoms with Gasteiger partial charge in [0.25, 0.3) is 9.05 Å². The third-order valence-corrected chi connectivity index (χ3v) is 2.84. The lowest BCUT2D eigenvalue weighted by Gasteiger charge is -2.06. The Morgan fingerprint density at radius 3 is 2.40 bits per heavy atom. The first-order chi connectivity index (χ1) is 6.73. The molecule has 1 rings (SSSR count). The molecule has 6 nitrogen and oxygen atoms in total. The first-order valence-corrected chi connectivity index (χ1v) is 6.32. The highest BCUT2D eigenvalue weighted by atomic mass is 35.7. The highest BCUT2D eigenvalue weighted by molar-refractivity contribution is 8.13. The molecule has 8 heteroatoms. The van der Waals surface area contributed by atoms with E-state index < -0.39 is 20.0 Å². The first kappa shape index (κ1) is 12.0. The van der Waals surface area contributed by atoms with Gasteiger partial charge in [-0.3, -0.25) is 4.68 Å². The number of carboxylic acid groups (broad SMARTS) is 1. The van der Waals surface area contributed by atoms with Gasteiger partial charge in [0, 0.05) is 22.8 Å². The molecule has 0 saturated carbocycles. The average molecular weight is 253 g/mol. The molecule has 0 aliphatic heterocycles. The topological polar surface area (TPSA) is 89.3 Å². The molecule has 0 fully saturated rings. The molecule has 1 aromatic heterocycles. The standard InChI is InChI=1S/C7H9ClN2O4S/c1-4(2)10-5(7(11)12)3-6(9-10)15(8,13)14/h3-4H,1-2H3,(H,11,12). The van der Waals surface area contributed by atoms with Crippen LogP contribution in [0.2, 0.25) is 0 Å². The van der Waals surface area contributed by atoms with Gasteiger partial charge in [0.15, 0.2) is 5.03 Å². The van der Waals surface area contributed by atoms with Crippen LogP contribution in [0, 0.1) is 0 Å². The maximum Gasteiger partial charge on any atom is 0.354 e. The van der Waals surface area contributed by atoms with Crippen LogP contribution in [-0.4, -0.2) is 29.3 Å². The van der Waals surface area contributed by atoms with E-state index in [2.05, 4.69) is 5.10 Å². The Labute approximate surface area is 90.9 Å². The number of carbonyl (C=O) groups is 1. The Morgan fingerprint density at radius 2 is 2.13 bits per heavy atom. The summed E-state index contributed by atoms with van der Waals surface area (Å²) < 4.78 is 23.0. The SMILES string of the molecule is CC(C)n1nc(S(=O)(=O)Cl)cc1C(=O)O. The van der Waals surface area contributed by atoms with Crippen molar-refractivity contribution >= 4 is 25.7 Å². The molecule has 0 saturated heterocycles. The zero-order valence-electron chi connectivity index (χ0n) is 8.01. The fourth-order valence-electron chi connectivity index (χ4n) is 1.04. The second kappa shape index (κ2) is 3.82. The van der Waals surface area contributed by atoms with Crippen molar-refractivity contribution in [2.45, 2.75) is 24.9 Å². The molecule has 0 aliphatic carbocycles. The smallest absolute Gasteiger partial charge is 0.354 e. The van der Waals surface area contributed by atoms with Crippen molar-refractivity contribution in [3.63, 3.8) is 0 Å². The molecule has 84 valence electrons. The Morgan fingerprint density at radius 1 is 1.60 bits per heavy atom. The quantitative estimate of drug-likeness (QED) is 0.814. The molecular weight excluding hydrogens is 244 g/mol. The van der Waals surface area contributed by atoms with Crippen molar-refractivity contribution in [1.29, 1.82) is 0 Å². The van der Waals surface area contributed by atoms with E-state index in [4.69, 9.17) is 15.8 Å². The van der Waals surface area contributed by atoms with Crippen LogP contribution < -0.4 is 0 Å². The van der Waals surface area contributed by atoms with E-state index >= 15 is 0 Å². The van der Waals surface area contributed by atoms with Crippen LogP contribution in [0.25, 0.3) is 0 Å². The van der Waals surface area contributed by atoms with Crippen LogP contribution in [0.4, 0.5) is 0 Å². The Kier molecular flexibility index (Phi) is 3.05. The van der Waals surface area contributed by atoms with Gasteiger partial charge in [0.1, 0.15) is 5.69 Å². The summed E-state index contributed by atoms with van der Waals surface area (Å²) >= 11 is 0. The number of hydrogen-bond acceptors (Lipinski definition) is 4. The Balaban J connectivity index is 3.41. The predicted molar refractivity (Wildman–Crippen MR) is 52.6 cm³/mol. The van der Waals surface area contributed by atoms with Crippen molar-refractivity contribution in [1.82, 2.24) is 9.78 Å². The fourth-order valence-corrected chi connectivity index (χ4v) is 1.71. The molecule has 0 unspecified atom stereocenters. The number of nitrogens with zero attached hydrogens (tertiary/aromatic N) is 2. The van der Waals surface area contributed by atoms with E-state index in [9.17, 15) is 13.2 Å². The minimum atomic E-state index is -3.99. The van der Waals surface area contributed by atoms with Gasteiger partial charge in [-0.25, -0.2) is 13.2 Å². The Hall–Kier alpha value is -1.08. The van der Waals surface area contributed by atoms with Gasteiger partial charge in [-0.05, 0) is 13.8 Å². The number of hydrogen-bond donors (Lipinski definition) is 1. The van der Waals surface area contributed by atoms with Gasteiger partial charge < -0.3 is 5.11 Å². The summed E-state index contributed by atoms with van der Waals surface area (Å²) in [5.74, 6) is -1.25. The highest BCUT2D eigenvalue weighted by Gasteiger charge is 2.22. The number of halogens is 1. The number of aromatic nitrogens is 2. The predicted octanol–water partition coefficient (Wildman–Crippen LogP) is 1.09. The molecule has 0 amide bonds. The summed E-state index contributed by atoms with van der Waals surface area (Å²) in [6.45, 7) is 3.37. The summed E-state index contributed by atoms with van der Waals surface area (Å²) in [7, 11) is 1.06. The van der Waals surface area contributed by atoms with E-state index in [1.807, 2.05) is 0 Å². The molecular formula is C7H9ClN2O4S. The molecule has 0 spiro atoms. The van der Waals surface area contributed by atoms with Crippen molar-refractivity contribution in [3.05, 3.63) is 11.8 Å². The number of carboxylic acids is 1. The minimum absolute atomic E-state index is 0.204. The molecule has 1 aromatic rings. The van der Waals surface area contributed by atoms with Crippen LogP contribution >= 0.6 is 10.7 Å². The molecule has 1 heterocycles. The van der Waals surface area contributed by atoms with E-state index in [1.165, 1.54) is 0 Å². The summed E-state index contributed by atoms with van der Waals surface area (Å²) in [6, 6.07) is 0.674. The largest absolute Gasteiger partial charge is 0.477 e. The summed E-state index contributed by atoms with van der Waals surface area (Å²) in [4.78, 5) is 10.8. The van der Waals surface area contributed by atoms with Crippen LogP contribution in [0.5, 0.6) is 0 Å². The molecule has 0 aliphatic rings. The molecule has 0 bridgehead atoms. The van der Waals surface area contributed by atoms with Gasteiger partial charge in [-0.15, -0.1) is 0 Å². The summed E-state index contributed by atoms with van der Waals surface area (Å²) in [6.07, 6.45) is 0. The van der Waals surface area contributed by atoms with Gasteiger partial charge in [0.05, 0.1) is 0 Å². The van der Waals surface area contributed by atoms with Crippen LogP contribution in [0.3, 0.4) is 0 Å². The zero-order valence-corrected chi connectivity index (χ0v) is 9.58. The van der Waals surface area contributed by atoms with Crippen LogP contribution in [0.1, 0.15) is 30.4 Å². The zero-order chi connectivity index (χ0) is 11.8. The average Bonchev–Trinajstić information content (AvgIpc) is 2.45. The number of aromatic carboxylic acids is 1. The molecule has 0 aromatic carbocycles. The van der Waals surface area contributed by atoms with E-state index in [0.717, 1.165) is 10.7 Å². The lowest BCUT2D eigenvalue weighted by Crippen LogP contribution is -2.11. The maximum atomic E-state index is 10.9. The number of rotatable bonds is 3. The maximum absolute atomic E-state index is 10.9. The molecule has 15 heavy (non-hydrogen) atoms. The third kappa shape index (κ3) is 2.48. The fraction of sp³-hybridized carbons (Fsp3) is 0.429. The van der Waals surface area contributed by atoms with Crippen molar-refractivity contribution in [3.8, 4) is 0 Å². The van der Waals surface area contributed by atoms with E-state index in [0.29, 0.717) is 0 Å². The second-order valence-corrected chi connectivity index (χ2v) is 5.66. The Bertz CT molecular complexity index is 491. The monoisotopic (exact) mass is 252 g/mol. The van der Waals surface area contributed by atoms with Gasteiger partial charge in [-0.1, -0.05) is 0 Å². The highest BCUT2D eigenvalue weighted by Crippen LogP contribution is 2.18. The van der Waals surface area contributed by atoms with Gasteiger partial charge in [-0.2, -0.15) is 5.10 Å². The molecule has 1 N–H and O–H groups in total. The lowest BCUT2D eigenvalue weighted by molar-refractivity contribution is 0.0681. The molecule has 0 atom stereocenters. The summed E-state index contributed by atoms with van der Waals surface area (Å²) in [5.41, 5.74) is -0.204. The first-order valence-electron chi connectivity index (χ1n) is 4.01. The van der Waals surface area contributed by atoms with Crippen molar-refractivity contribution < 1.29 is 18.3 Å². The van der Waals surface area contributed by atoms with Crippen LogP contribution in [-0.2, 0) is 9.05 Å². The van der Waals surface area contributed by atoms with Crippen molar-refractivity contribution in [2.24, 2.45) is 0 Å². The van der Waals surface area contributed by atoms with E-state index in [1.54, 1.807) is 13.8 Å². The van der Waals surface area contributed by atoms with Gasteiger partial charge >= 0.3 is 5.97 Å². The van der Waals surface area contributed by atoms with Gasteiger partial charge in [0.2, 0.25) is 0 Å². The van der Waals surface area contributed by atoms with E-state index in [-0.39, 0.29) is 11.7 Å². The van der Waals surface area contributed by atoms with Crippen LogP contribution in [0.15, 0.2) is 11.1 Å². The summed E-state index contributed by atoms with van der Waals surface area (Å²) in [5, 5.41) is 12.0. The normalized spacial score (nSPS) is 12.0. The molecule has 0 radical (unpaired) electrons.